The summed E-state index contributed by atoms with van der Waals surface area (Å²) in [6.45, 7) is 0. The van der Waals surface area contributed by atoms with Crippen LogP contribution in [0.4, 0.5) is 0 Å². The van der Waals surface area contributed by atoms with Crippen LogP contribution in [-0.4, -0.2) is 7.52 Å². The monoisotopic (exact) mass is 223 g/mol. The summed E-state index contributed by atoms with van der Waals surface area (Å²) < 4.78 is 32.0. The van der Waals surface area contributed by atoms with Gasteiger partial charge in [0.2, 0.25) is 0 Å². The minimum absolute atomic E-state index is 0. The van der Waals surface area contributed by atoms with Gasteiger partial charge in [0.25, 0.3) is 0 Å². The van der Waals surface area contributed by atoms with Gasteiger partial charge >= 0.3 is 31.1 Å². The molecule has 0 saturated heterocycles. The van der Waals surface area contributed by atoms with Crippen molar-refractivity contribution in [3.8, 4) is 0 Å². The Kier molecular flexibility index (Phi) is 4.63. The molecule has 0 aromatic carbocycles. The van der Waals surface area contributed by atoms with Crippen LogP contribution in [0.5, 0.6) is 0 Å². The van der Waals surface area contributed by atoms with Gasteiger partial charge in [0, 0.05) is 16.8 Å². The van der Waals surface area contributed by atoms with Gasteiger partial charge < -0.3 is 0 Å². The van der Waals surface area contributed by atoms with E-state index in [1.54, 1.807) is 0 Å². The third kappa shape index (κ3) is 127. The van der Waals surface area contributed by atoms with Crippen LogP contribution in [0.2, 0.25) is 0 Å². The summed E-state index contributed by atoms with van der Waals surface area (Å²) in [7, 11) is 0. The maximum absolute atomic E-state index is 8.85. The Morgan fingerprint density at radius 2 is 1.17 bits per heavy atom. The fourth-order valence-corrected chi connectivity index (χ4v) is 0. The van der Waals surface area contributed by atoms with Crippen molar-refractivity contribution in [1.82, 2.24) is 0 Å². The molecule has 6 heteroatoms. The Morgan fingerprint density at radius 3 is 1.17 bits per heavy atom. The quantitative estimate of drug-likeness (QED) is 0.495. The molecule has 0 bridgehead atoms. The van der Waals surface area contributed by atoms with E-state index in [9.17, 15) is 0 Å². The predicted molar refractivity (Wildman–Crippen MR) is 5.81 cm³/mol. The average molecular weight is 221 g/mol. The van der Waals surface area contributed by atoms with Crippen molar-refractivity contribution in [3.63, 3.8) is 0 Å². The van der Waals surface area contributed by atoms with Crippen LogP contribution in [0, 0.1) is 0 Å². The molecule has 0 aromatic heterocycles. The molecule has 0 rings (SSSR count). The zero-order valence-electron chi connectivity index (χ0n) is 2.45. The minimum atomic E-state index is -5.52. The Balaban J connectivity index is 0. The first-order valence-corrected chi connectivity index (χ1v) is 4.13. The Hall–Kier alpha value is 0.715. The molecule has 0 aliphatic heterocycles. The molecule has 6 heavy (non-hydrogen) atoms. The SMILES string of the molecule is [Co].[O]=[Mo](=[O])([OH])[OH]. The zero-order valence-corrected chi connectivity index (χ0v) is 5.50. The van der Waals surface area contributed by atoms with Gasteiger partial charge in [0.15, 0.2) is 0 Å². The number of hydrogen-bond donors (Lipinski definition) is 2. The normalized spacial score (nSPS) is 9.67. The van der Waals surface area contributed by atoms with Crippen LogP contribution in [0.15, 0.2) is 0 Å². The zero-order chi connectivity index (χ0) is 4.50. The van der Waals surface area contributed by atoms with Crippen molar-refractivity contribution in [2.75, 3.05) is 0 Å². The van der Waals surface area contributed by atoms with E-state index in [2.05, 4.69) is 0 Å². The molecule has 0 heterocycles. The predicted octanol–water partition coefficient (Wildman–Crippen LogP) is -1.36. The van der Waals surface area contributed by atoms with E-state index in [0.717, 1.165) is 0 Å². The maximum atomic E-state index is 8.85. The first kappa shape index (κ1) is 9.87. The Morgan fingerprint density at radius 1 is 1.17 bits per heavy atom. The van der Waals surface area contributed by atoms with Gasteiger partial charge in [-0.1, -0.05) is 0 Å². The summed E-state index contributed by atoms with van der Waals surface area (Å²) in [4.78, 5) is 0. The first-order chi connectivity index (χ1) is 2.00. The van der Waals surface area contributed by atoms with Gasteiger partial charge in [-0.25, -0.2) is 0 Å². The van der Waals surface area contributed by atoms with Crippen LogP contribution in [0.1, 0.15) is 0 Å². The standard InChI is InChI=1S/Co.Mo.2H2O.2O/h;;2*1H2;;/q;+2;;;;/p-2. The number of rotatable bonds is 0. The summed E-state index contributed by atoms with van der Waals surface area (Å²) in [5.74, 6) is 0. The molecule has 0 aliphatic carbocycles. The van der Waals surface area contributed by atoms with Crippen molar-refractivity contribution >= 4 is 0 Å². The van der Waals surface area contributed by atoms with Crippen molar-refractivity contribution < 1.29 is 47.8 Å². The van der Waals surface area contributed by atoms with Gasteiger partial charge in [-0.15, -0.1) is 0 Å². The molecule has 0 aliphatic rings. The van der Waals surface area contributed by atoms with E-state index >= 15 is 0 Å². The summed E-state index contributed by atoms with van der Waals surface area (Å²) in [5.41, 5.74) is 0. The average Bonchev–Trinajstić information content (AvgIpc) is 0.722. The van der Waals surface area contributed by atoms with Crippen LogP contribution in [-0.2, 0) is 40.3 Å². The summed E-state index contributed by atoms with van der Waals surface area (Å²) in [5, 5.41) is 0. The van der Waals surface area contributed by atoms with E-state index in [0.29, 0.717) is 0 Å². The van der Waals surface area contributed by atoms with Crippen LogP contribution in [0.25, 0.3) is 0 Å². The van der Waals surface area contributed by atoms with Crippen molar-refractivity contribution in [2.45, 2.75) is 0 Å². The van der Waals surface area contributed by atoms with Gasteiger partial charge in [0.05, 0.1) is 0 Å². The van der Waals surface area contributed by atoms with Gasteiger partial charge in [-0.05, 0) is 0 Å². The van der Waals surface area contributed by atoms with Gasteiger partial charge in [-0.3, -0.25) is 0 Å². The first-order valence-electron chi connectivity index (χ1n) is 0.698. The molecule has 1 radical (unpaired) electrons. The summed E-state index contributed by atoms with van der Waals surface area (Å²) in [6.07, 6.45) is 0. The van der Waals surface area contributed by atoms with E-state index in [1.807, 2.05) is 0 Å². The summed E-state index contributed by atoms with van der Waals surface area (Å²) >= 11 is -5.52. The van der Waals surface area contributed by atoms with Crippen LogP contribution >= 0.6 is 0 Å². The Bertz CT molecular complexity index is 90.7. The Labute approximate surface area is 48.1 Å². The van der Waals surface area contributed by atoms with E-state index in [-0.39, 0.29) is 16.8 Å². The van der Waals surface area contributed by atoms with Crippen LogP contribution in [0.3, 0.4) is 0 Å². The van der Waals surface area contributed by atoms with E-state index in [1.165, 1.54) is 0 Å². The fourth-order valence-electron chi connectivity index (χ4n) is 0. The summed E-state index contributed by atoms with van der Waals surface area (Å²) in [6, 6.07) is 0. The van der Waals surface area contributed by atoms with Crippen molar-refractivity contribution in [2.24, 2.45) is 0 Å². The third-order valence-electron chi connectivity index (χ3n) is 0. The molecule has 0 amide bonds. The molecule has 0 fully saturated rings. The molecule has 2 N–H and O–H groups in total. The van der Waals surface area contributed by atoms with Crippen LogP contribution < -0.4 is 0 Å². The molecule has 0 spiro atoms. The van der Waals surface area contributed by atoms with Gasteiger partial charge in [0.1, 0.15) is 0 Å². The second kappa shape index (κ2) is 2.82. The molecule has 4 nitrogen and oxygen atoms in total. The molecule has 0 saturated carbocycles. The second-order valence-corrected chi connectivity index (χ2v) is 2.65. The molecular formula is H2CoMoO4. The van der Waals surface area contributed by atoms with Crippen molar-refractivity contribution in [1.29, 1.82) is 0 Å². The molecule has 0 unspecified atom stereocenters. The molecule has 41 valence electrons. The van der Waals surface area contributed by atoms with Crippen molar-refractivity contribution in [3.05, 3.63) is 0 Å². The number of hydrogen-bond acceptors (Lipinski definition) is 2. The second-order valence-electron chi connectivity index (χ2n) is 0.448. The fraction of sp³-hybridized carbons (Fsp3) is 0. The van der Waals surface area contributed by atoms with E-state index < -0.39 is 16.7 Å². The van der Waals surface area contributed by atoms with Gasteiger partial charge in [-0.2, -0.15) is 0 Å². The third-order valence-corrected chi connectivity index (χ3v) is 0. The molecule has 0 aromatic rings. The topological polar surface area (TPSA) is 74.6 Å². The molecule has 0 atom stereocenters. The molecular weight excluding hydrogens is 219 g/mol. The van der Waals surface area contributed by atoms with E-state index in [4.69, 9.17) is 14.3 Å².